The summed E-state index contributed by atoms with van der Waals surface area (Å²) in [7, 11) is 0. The van der Waals surface area contributed by atoms with Crippen LogP contribution in [0.1, 0.15) is 47.3 Å². The van der Waals surface area contributed by atoms with Crippen molar-refractivity contribution >= 4 is 17.2 Å². The van der Waals surface area contributed by atoms with Gasteiger partial charge in [0, 0.05) is 36.8 Å². The number of amides is 1. The molecule has 2 fully saturated rings. The van der Waals surface area contributed by atoms with Crippen LogP contribution in [-0.2, 0) is 6.54 Å². The fourth-order valence-electron chi connectivity index (χ4n) is 4.36. The number of nitrogens with one attached hydrogen (secondary N) is 1. The zero-order chi connectivity index (χ0) is 18.1. The molecule has 6 heteroatoms. The Hall–Kier alpha value is -1.76. The highest BCUT2D eigenvalue weighted by molar-refractivity contribution is 7.08. The van der Waals surface area contributed by atoms with Crippen LogP contribution >= 0.6 is 11.3 Å². The van der Waals surface area contributed by atoms with Gasteiger partial charge in [0.1, 0.15) is 0 Å². The number of piperidine rings is 1. The predicted molar refractivity (Wildman–Crippen MR) is 102 cm³/mol. The molecule has 2 N–H and O–H groups in total. The Morgan fingerprint density at radius 3 is 2.73 bits per heavy atom. The van der Waals surface area contributed by atoms with E-state index in [2.05, 4.69) is 10.3 Å². The lowest BCUT2D eigenvalue weighted by molar-refractivity contribution is -0.0420. The molecule has 1 unspecified atom stereocenters. The topological polar surface area (TPSA) is 65.5 Å². The van der Waals surface area contributed by atoms with Crippen LogP contribution in [0.25, 0.3) is 0 Å². The smallest absolute Gasteiger partial charge is 0.255 e. The molecule has 2 aromatic heterocycles. The highest BCUT2D eigenvalue weighted by atomic mass is 32.1. The van der Waals surface area contributed by atoms with E-state index in [-0.39, 0.29) is 18.0 Å². The van der Waals surface area contributed by atoms with Crippen LogP contribution in [-0.4, -0.2) is 45.1 Å². The van der Waals surface area contributed by atoms with Gasteiger partial charge < -0.3 is 15.3 Å². The molecule has 2 saturated heterocycles. The maximum absolute atomic E-state index is 12.8. The Bertz CT molecular complexity index is 746. The first kappa shape index (κ1) is 17.6. The summed E-state index contributed by atoms with van der Waals surface area (Å²) >= 11 is 1.55. The Morgan fingerprint density at radius 2 is 2.12 bits per heavy atom. The van der Waals surface area contributed by atoms with Crippen LogP contribution in [0.15, 0.2) is 35.2 Å². The fourth-order valence-corrected chi connectivity index (χ4v) is 4.99. The number of aryl methyl sites for hydroxylation is 1. The summed E-state index contributed by atoms with van der Waals surface area (Å²) in [6.07, 6.45) is 5.13. The molecule has 0 radical (unpaired) electrons. The van der Waals surface area contributed by atoms with Gasteiger partial charge in [0.2, 0.25) is 0 Å². The van der Waals surface area contributed by atoms with E-state index in [1.807, 2.05) is 47.0 Å². The standard InChI is InChI=1S/C20H25N3O2S/c1-14-2-3-16(22-10-14)11-21-13-20(25)8-17-4-5-18(9-20)23(17)19(24)15-6-7-26-12-15/h2-3,6-7,10,12,17-18,21,25H,4-5,8-9,11,13H2,1H3/t17-,18+,20?. The molecule has 0 aromatic carbocycles. The molecule has 2 aliphatic heterocycles. The molecular weight excluding hydrogens is 346 g/mol. The minimum atomic E-state index is -0.748. The van der Waals surface area contributed by atoms with E-state index in [1.54, 1.807) is 11.3 Å². The minimum absolute atomic E-state index is 0.123. The van der Waals surface area contributed by atoms with Crippen LogP contribution < -0.4 is 5.32 Å². The lowest BCUT2D eigenvalue weighted by Gasteiger charge is -2.44. The van der Waals surface area contributed by atoms with Gasteiger partial charge in [0.15, 0.2) is 0 Å². The largest absolute Gasteiger partial charge is 0.388 e. The maximum Gasteiger partial charge on any atom is 0.255 e. The monoisotopic (exact) mass is 371 g/mol. The first-order valence-electron chi connectivity index (χ1n) is 9.24. The minimum Gasteiger partial charge on any atom is -0.388 e. The van der Waals surface area contributed by atoms with Crippen LogP contribution in [0.3, 0.4) is 0 Å². The predicted octanol–water partition coefficient (Wildman–Crippen LogP) is 2.74. The summed E-state index contributed by atoms with van der Waals surface area (Å²) in [6, 6.07) is 6.24. The van der Waals surface area contributed by atoms with Crippen molar-refractivity contribution in [3.8, 4) is 0 Å². The quantitative estimate of drug-likeness (QED) is 0.848. The SMILES string of the molecule is Cc1ccc(CNCC2(O)C[C@H]3CC[C@@H](C2)N3C(=O)c2ccsc2)nc1. The molecule has 0 spiro atoms. The molecule has 2 aromatic rings. The number of hydrogen-bond acceptors (Lipinski definition) is 5. The molecule has 26 heavy (non-hydrogen) atoms. The van der Waals surface area contributed by atoms with E-state index < -0.39 is 5.60 Å². The number of hydrogen-bond donors (Lipinski definition) is 2. The summed E-state index contributed by atoms with van der Waals surface area (Å²) in [5.41, 5.74) is 2.15. The highest BCUT2D eigenvalue weighted by Crippen LogP contribution is 2.41. The Morgan fingerprint density at radius 1 is 1.35 bits per heavy atom. The van der Waals surface area contributed by atoms with E-state index in [0.29, 0.717) is 25.9 Å². The number of pyridine rings is 1. The lowest BCUT2D eigenvalue weighted by atomic mass is 9.85. The number of aromatic nitrogens is 1. The molecule has 3 atom stereocenters. The van der Waals surface area contributed by atoms with Crippen LogP contribution in [0.5, 0.6) is 0 Å². The van der Waals surface area contributed by atoms with Crippen molar-refractivity contribution in [2.45, 2.75) is 56.8 Å². The number of thiophene rings is 1. The van der Waals surface area contributed by atoms with Gasteiger partial charge in [-0.05, 0) is 55.7 Å². The second kappa shape index (κ2) is 7.10. The number of carbonyl (C=O) groups excluding carboxylic acids is 1. The molecule has 138 valence electrons. The van der Waals surface area contributed by atoms with E-state index in [1.165, 1.54) is 0 Å². The molecule has 4 heterocycles. The Balaban J connectivity index is 1.36. The van der Waals surface area contributed by atoms with Crippen LogP contribution in [0, 0.1) is 6.92 Å². The van der Waals surface area contributed by atoms with Crippen molar-refractivity contribution in [1.29, 1.82) is 0 Å². The number of nitrogens with zero attached hydrogens (tertiary/aromatic N) is 2. The third kappa shape index (κ3) is 3.54. The third-order valence-corrected chi connectivity index (χ3v) is 6.27. The van der Waals surface area contributed by atoms with Crippen molar-refractivity contribution < 1.29 is 9.90 Å². The normalized spacial score (nSPS) is 27.7. The maximum atomic E-state index is 12.8. The van der Waals surface area contributed by atoms with Crippen molar-refractivity contribution in [2.24, 2.45) is 0 Å². The molecule has 2 aliphatic rings. The average Bonchev–Trinajstić information content (AvgIpc) is 3.24. The summed E-state index contributed by atoms with van der Waals surface area (Å²) in [4.78, 5) is 19.2. The van der Waals surface area contributed by atoms with Gasteiger partial charge in [-0.1, -0.05) is 6.07 Å². The number of carbonyl (C=O) groups is 1. The molecule has 0 saturated carbocycles. The van der Waals surface area contributed by atoms with E-state index >= 15 is 0 Å². The molecule has 2 bridgehead atoms. The van der Waals surface area contributed by atoms with Crippen molar-refractivity contribution in [1.82, 2.24) is 15.2 Å². The van der Waals surface area contributed by atoms with E-state index in [9.17, 15) is 9.90 Å². The Labute approximate surface area is 158 Å². The first-order chi connectivity index (χ1) is 12.5. The molecular formula is C20H25N3O2S. The zero-order valence-electron chi connectivity index (χ0n) is 15.0. The molecule has 5 nitrogen and oxygen atoms in total. The van der Waals surface area contributed by atoms with Crippen LogP contribution in [0.2, 0.25) is 0 Å². The van der Waals surface area contributed by atoms with Gasteiger partial charge in [-0.25, -0.2) is 0 Å². The van der Waals surface area contributed by atoms with E-state index in [0.717, 1.165) is 29.7 Å². The number of rotatable bonds is 5. The Kier molecular flexibility index (Phi) is 4.82. The highest BCUT2D eigenvalue weighted by Gasteiger charge is 2.49. The summed E-state index contributed by atoms with van der Waals surface area (Å²) in [5, 5.41) is 18.3. The number of fused-ring (bicyclic) bond motifs is 2. The van der Waals surface area contributed by atoms with E-state index in [4.69, 9.17) is 0 Å². The van der Waals surface area contributed by atoms with Gasteiger partial charge in [0.25, 0.3) is 5.91 Å². The van der Waals surface area contributed by atoms with Gasteiger partial charge in [-0.15, -0.1) is 0 Å². The average molecular weight is 372 g/mol. The van der Waals surface area contributed by atoms with Crippen molar-refractivity contribution in [3.63, 3.8) is 0 Å². The fraction of sp³-hybridized carbons (Fsp3) is 0.500. The second-order valence-corrected chi connectivity index (χ2v) is 8.45. The molecule has 0 aliphatic carbocycles. The van der Waals surface area contributed by atoms with Gasteiger partial charge in [-0.2, -0.15) is 11.3 Å². The number of aliphatic hydroxyl groups is 1. The third-order valence-electron chi connectivity index (χ3n) is 5.59. The van der Waals surface area contributed by atoms with Gasteiger partial charge in [0.05, 0.1) is 16.9 Å². The zero-order valence-corrected chi connectivity index (χ0v) is 15.8. The second-order valence-electron chi connectivity index (χ2n) is 7.67. The molecule has 4 rings (SSSR count). The summed E-state index contributed by atoms with van der Waals surface area (Å²) in [6.45, 7) is 3.21. The van der Waals surface area contributed by atoms with Crippen molar-refractivity contribution in [3.05, 3.63) is 52.0 Å². The summed E-state index contributed by atoms with van der Waals surface area (Å²) in [5.74, 6) is 0.123. The summed E-state index contributed by atoms with van der Waals surface area (Å²) < 4.78 is 0. The van der Waals surface area contributed by atoms with Crippen molar-refractivity contribution in [2.75, 3.05) is 6.54 Å². The first-order valence-corrected chi connectivity index (χ1v) is 10.2. The van der Waals surface area contributed by atoms with Crippen LogP contribution in [0.4, 0.5) is 0 Å². The lowest BCUT2D eigenvalue weighted by Crippen LogP contribution is -2.56. The molecule has 1 amide bonds. The van der Waals surface area contributed by atoms with Gasteiger partial charge >= 0.3 is 0 Å². The van der Waals surface area contributed by atoms with Gasteiger partial charge in [-0.3, -0.25) is 9.78 Å².